The largest absolute Gasteiger partial charge is 0.340 e. The van der Waals surface area contributed by atoms with Gasteiger partial charge in [-0.15, -0.1) is 0 Å². The van der Waals surface area contributed by atoms with Gasteiger partial charge in [0.1, 0.15) is 11.5 Å². The van der Waals surface area contributed by atoms with Gasteiger partial charge in [0.05, 0.1) is 5.69 Å². The predicted molar refractivity (Wildman–Crippen MR) is 54.1 cm³/mol. The summed E-state index contributed by atoms with van der Waals surface area (Å²) in [4.78, 5) is 17.9. The molecule has 0 saturated heterocycles. The zero-order valence-corrected chi connectivity index (χ0v) is 7.82. The van der Waals surface area contributed by atoms with Gasteiger partial charge in [-0.25, -0.2) is 4.98 Å². The topological polar surface area (TPSA) is 45.8 Å². The van der Waals surface area contributed by atoms with E-state index in [1.165, 1.54) is 0 Å². The summed E-state index contributed by atoms with van der Waals surface area (Å²) in [6.07, 6.45) is 0.794. The summed E-state index contributed by atoms with van der Waals surface area (Å²) in [7, 11) is 0. The van der Waals surface area contributed by atoms with Gasteiger partial charge in [-0.2, -0.15) is 0 Å². The fourth-order valence-corrected chi connectivity index (χ4v) is 1.41. The normalized spacial score (nSPS) is 10.1. The first kappa shape index (κ1) is 8.69. The summed E-state index contributed by atoms with van der Waals surface area (Å²) in [5.41, 5.74) is 2.21. The van der Waals surface area contributed by atoms with Crippen LogP contribution >= 0.6 is 0 Å². The second-order valence-corrected chi connectivity index (χ2v) is 3.07. The number of rotatable bonds is 2. The number of hydrogen-bond acceptors (Lipinski definition) is 2. The van der Waals surface area contributed by atoms with Crippen molar-refractivity contribution in [3.05, 3.63) is 41.9 Å². The summed E-state index contributed by atoms with van der Waals surface area (Å²) in [5.74, 6) is 0.756. The molecule has 0 fully saturated rings. The first-order valence-electron chi connectivity index (χ1n) is 4.38. The maximum absolute atomic E-state index is 10.7. The maximum atomic E-state index is 10.7. The average Bonchev–Trinajstić information content (AvgIpc) is 2.61. The second kappa shape index (κ2) is 3.46. The number of aryl methyl sites for hydroxylation is 1. The lowest BCUT2D eigenvalue weighted by Gasteiger charge is -1.95. The lowest BCUT2D eigenvalue weighted by molar-refractivity contribution is 0.112. The maximum Gasteiger partial charge on any atom is 0.168 e. The number of H-pyrrole nitrogens is 1. The van der Waals surface area contributed by atoms with Crippen molar-refractivity contribution < 1.29 is 4.79 Å². The minimum absolute atomic E-state index is 0.536. The van der Waals surface area contributed by atoms with Gasteiger partial charge >= 0.3 is 0 Å². The number of carbonyl (C=O) groups excluding carboxylic acids is 1. The van der Waals surface area contributed by atoms with Gasteiger partial charge in [-0.3, -0.25) is 4.79 Å². The average molecular weight is 186 g/mol. The van der Waals surface area contributed by atoms with Crippen LogP contribution in [-0.2, 0) is 0 Å². The minimum Gasteiger partial charge on any atom is -0.340 e. The molecule has 3 heteroatoms. The predicted octanol–water partition coefficient (Wildman–Crippen LogP) is 2.20. The van der Waals surface area contributed by atoms with E-state index in [2.05, 4.69) is 9.97 Å². The SMILES string of the molecule is Cc1nc(-c2ccccc2)c(C=O)[nH]1. The molecular weight excluding hydrogens is 176 g/mol. The summed E-state index contributed by atoms with van der Waals surface area (Å²) < 4.78 is 0. The second-order valence-electron chi connectivity index (χ2n) is 3.07. The zero-order valence-electron chi connectivity index (χ0n) is 7.82. The molecule has 14 heavy (non-hydrogen) atoms. The Hall–Kier alpha value is -1.90. The molecule has 2 aromatic rings. The molecular formula is C11H10N2O. The van der Waals surface area contributed by atoms with Crippen molar-refractivity contribution in [2.75, 3.05) is 0 Å². The number of hydrogen-bond donors (Lipinski definition) is 1. The molecule has 0 aliphatic carbocycles. The number of aromatic nitrogens is 2. The van der Waals surface area contributed by atoms with Crippen molar-refractivity contribution in [3.8, 4) is 11.3 Å². The van der Waals surface area contributed by atoms with Crippen LogP contribution in [0.2, 0.25) is 0 Å². The smallest absolute Gasteiger partial charge is 0.168 e. The number of benzene rings is 1. The Balaban J connectivity index is 2.56. The molecule has 1 N–H and O–H groups in total. The molecule has 0 atom stereocenters. The van der Waals surface area contributed by atoms with Gasteiger partial charge < -0.3 is 4.98 Å². The molecule has 1 aromatic carbocycles. The molecule has 3 nitrogen and oxygen atoms in total. The highest BCUT2D eigenvalue weighted by Crippen LogP contribution is 2.19. The van der Waals surface area contributed by atoms with Crippen LogP contribution < -0.4 is 0 Å². The van der Waals surface area contributed by atoms with Crippen LogP contribution in [0.25, 0.3) is 11.3 Å². The van der Waals surface area contributed by atoms with Gasteiger partial charge in [-0.1, -0.05) is 30.3 Å². The lowest BCUT2D eigenvalue weighted by atomic mass is 10.1. The Morgan fingerprint density at radius 3 is 2.64 bits per heavy atom. The number of imidazole rings is 1. The molecule has 0 radical (unpaired) electrons. The highest BCUT2D eigenvalue weighted by atomic mass is 16.1. The molecule has 0 saturated carbocycles. The van der Waals surface area contributed by atoms with E-state index in [0.29, 0.717) is 5.69 Å². The van der Waals surface area contributed by atoms with Crippen LogP contribution in [0.5, 0.6) is 0 Å². The monoisotopic (exact) mass is 186 g/mol. The summed E-state index contributed by atoms with van der Waals surface area (Å²) in [6.45, 7) is 1.83. The van der Waals surface area contributed by atoms with Gasteiger partial charge in [0.15, 0.2) is 6.29 Å². The van der Waals surface area contributed by atoms with E-state index < -0.39 is 0 Å². The van der Waals surface area contributed by atoms with Crippen LogP contribution in [0.1, 0.15) is 16.3 Å². The molecule has 0 aliphatic rings. The van der Waals surface area contributed by atoms with E-state index in [4.69, 9.17) is 0 Å². The fraction of sp³-hybridized carbons (Fsp3) is 0.0909. The molecule has 0 bridgehead atoms. The summed E-state index contributed by atoms with van der Waals surface area (Å²) in [6, 6.07) is 9.65. The first-order valence-corrected chi connectivity index (χ1v) is 4.38. The van der Waals surface area contributed by atoms with E-state index in [-0.39, 0.29) is 0 Å². The van der Waals surface area contributed by atoms with Gasteiger partial charge in [0, 0.05) is 5.56 Å². The highest BCUT2D eigenvalue weighted by Gasteiger charge is 2.08. The third-order valence-electron chi connectivity index (χ3n) is 2.02. The van der Waals surface area contributed by atoms with Crippen molar-refractivity contribution in [2.24, 2.45) is 0 Å². The van der Waals surface area contributed by atoms with E-state index in [0.717, 1.165) is 23.4 Å². The van der Waals surface area contributed by atoms with Crippen molar-refractivity contribution in [1.29, 1.82) is 0 Å². The van der Waals surface area contributed by atoms with E-state index in [1.54, 1.807) is 0 Å². The summed E-state index contributed by atoms with van der Waals surface area (Å²) in [5, 5.41) is 0. The third kappa shape index (κ3) is 1.44. The van der Waals surface area contributed by atoms with E-state index in [9.17, 15) is 4.79 Å². The quantitative estimate of drug-likeness (QED) is 0.731. The van der Waals surface area contributed by atoms with Gasteiger partial charge in [0.2, 0.25) is 0 Å². The molecule has 1 heterocycles. The number of nitrogens with one attached hydrogen (secondary N) is 1. The number of carbonyl (C=O) groups is 1. The van der Waals surface area contributed by atoms with Crippen LogP contribution in [-0.4, -0.2) is 16.3 Å². The van der Waals surface area contributed by atoms with Gasteiger partial charge in [-0.05, 0) is 6.92 Å². The van der Waals surface area contributed by atoms with E-state index in [1.807, 2.05) is 37.3 Å². The minimum atomic E-state index is 0.536. The van der Waals surface area contributed by atoms with Gasteiger partial charge in [0.25, 0.3) is 0 Å². The van der Waals surface area contributed by atoms with Crippen molar-refractivity contribution in [3.63, 3.8) is 0 Å². The Labute approximate surface area is 81.8 Å². The molecule has 0 amide bonds. The molecule has 2 rings (SSSR count). The number of aldehydes is 1. The van der Waals surface area contributed by atoms with Crippen LogP contribution in [0, 0.1) is 6.92 Å². The Bertz CT molecular complexity index is 446. The first-order chi connectivity index (χ1) is 6.81. The molecule has 0 aliphatic heterocycles. The van der Waals surface area contributed by atoms with Crippen LogP contribution in [0.3, 0.4) is 0 Å². The van der Waals surface area contributed by atoms with Crippen LogP contribution in [0.15, 0.2) is 30.3 Å². The Morgan fingerprint density at radius 1 is 1.29 bits per heavy atom. The third-order valence-corrected chi connectivity index (χ3v) is 2.02. The lowest BCUT2D eigenvalue weighted by Crippen LogP contribution is -1.84. The number of nitrogens with zero attached hydrogens (tertiary/aromatic N) is 1. The van der Waals surface area contributed by atoms with E-state index >= 15 is 0 Å². The zero-order chi connectivity index (χ0) is 9.97. The summed E-state index contributed by atoms with van der Waals surface area (Å²) >= 11 is 0. The molecule has 0 spiro atoms. The standard InChI is InChI=1S/C11H10N2O/c1-8-12-10(7-14)11(13-8)9-5-3-2-4-6-9/h2-7H,1H3,(H,12,13). The number of aromatic amines is 1. The Morgan fingerprint density at radius 2 is 2.00 bits per heavy atom. The van der Waals surface area contributed by atoms with Crippen molar-refractivity contribution in [1.82, 2.24) is 9.97 Å². The van der Waals surface area contributed by atoms with Crippen molar-refractivity contribution >= 4 is 6.29 Å². The Kier molecular flexibility index (Phi) is 2.14. The highest BCUT2D eigenvalue weighted by molar-refractivity contribution is 5.83. The van der Waals surface area contributed by atoms with Crippen LogP contribution in [0.4, 0.5) is 0 Å². The molecule has 0 unspecified atom stereocenters. The molecule has 1 aromatic heterocycles. The van der Waals surface area contributed by atoms with Crippen molar-refractivity contribution in [2.45, 2.75) is 6.92 Å². The molecule has 70 valence electrons. The fourth-order valence-electron chi connectivity index (χ4n) is 1.41.